The summed E-state index contributed by atoms with van der Waals surface area (Å²) in [7, 11) is 0. The highest BCUT2D eigenvalue weighted by atomic mass is 14.7. The first kappa shape index (κ1) is 32.4. The highest BCUT2D eigenvalue weighted by Gasteiger charge is 2.10. The largest absolute Gasteiger partial charge is 0.264 e. The van der Waals surface area contributed by atoms with Gasteiger partial charge < -0.3 is 0 Å². The maximum Gasteiger partial charge on any atom is 0.0725 e. The molecule has 0 saturated heterocycles. The van der Waals surface area contributed by atoms with E-state index in [0.29, 0.717) is 0 Å². The zero-order chi connectivity index (χ0) is 35.3. The van der Waals surface area contributed by atoms with Gasteiger partial charge in [0.1, 0.15) is 0 Å². The molecule has 0 aliphatic rings. The van der Waals surface area contributed by atoms with Crippen molar-refractivity contribution in [3.8, 4) is 67.2 Å². The van der Waals surface area contributed by atoms with Crippen LogP contribution >= 0.6 is 0 Å². The van der Waals surface area contributed by atoms with Crippen LogP contribution in [0.5, 0.6) is 0 Å². The van der Waals surface area contributed by atoms with Gasteiger partial charge in [0.15, 0.2) is 0 Å². The second-order valence-electron chi connectivity index (χ2n) is 12.9. The number of rotatable bonds is 9. The summed E-state index contributed by atoms with van der Waals surface area (Å²) >= 11 is 0. The molecular weight excluding hydrogens is 641 g/mol. The van der Waals surface area contributed by atoms with E-state index in [2.05, 4.69) is 71.3 Å². The molecule has 0 radical (unpaired) electrons. The summed E-state index contributed by atoms with van der Waals surface area (Å²) in [5.74, 6) is 0. The van der Waals surface area contributed by atoms with Gasteiger partial charge in [-0.1, -0.05) is 12.1 Å². The Morgan fingerprint density at radius 2 is 0.712 bits per heavy atom. The predicted molar refractivity (Wildman–Crippen MR) is 205 cm³/mol. The highest BCUT2D eigenvalue weighted by Crippen LogP contribution is 2.29. The zero-order valence-corrected chi connectivity index (χ0v) is 28.8. The Kier molecular flexibility index (Phi) is 9.09. The number of aryl methyl sites for hydroxylation is 4. The first-order chi connectivity index (χ1) is 25.5. The van der Waals surface area contributed by atoms with Crippen molar-refractivity contribution < 1.29 is 0 Å². The van der Waals surface area contributed by atoms with E-state index < -0.39 is 0 Å². The average Bonchev–Trinajstić information content (AvgIpc) is 3.20. The standard InChI is InChI=1S/C44H34N8/c1-29-11-33(20-45-17-29)35-14-37(24-48-22-35)38-15-36(23-49-25-38)34-12-31(18-46-21-34)9-10-32-13-39(26-47-19-32)43-7-4-8-44(52-43)41-16-40(27-50-28-41)42-6-3-5-30(2)51-42/h3-8,11-28H,9-10H2,1-2H3. The molecule has 0 amide bonds. The van der Waals surface area contributed by atoms with Gasteiger partial charge in [-0.2, -0.15) is 0 Å². The molecule has 8 aromatic heterocycles. The number of aromatic nitrogens is 8. The van der Waals surface area contributed by atoms with E-state index in [1.54, 1.807) is 0 Å². The Balaban J connectivity index is 0.980. The van der Waals surface area contributed by atoms with Gasteiger partial charge in [-0.25, -0.2) is 4.98 Å². The average molecular weight is 675 g/mol. The predicted octanol–water partition coefficient (Wildman–Crippen LogP) is 9.25. The smallest absolute Gasteiger partial charge is 0.0725 e. The molecule has 0 atom stereocenters. The minimum atomic E-state index is 0.811. The van der Waals surface area contributed by atoms with Crippen LogP contribution in [0.2, 0.25) is 0 Å². The SMILES string of the molecule is Cc1cncc(-c2cncc(-c3cncc(-c4cncc(CCc5cncc(-c6cccc(-c7cncc(-c8cccc(C)n8)c7)n6)c5)c4)c3)c2)c1. The van der Waals surface area contributed by atoms with Gasteiger partial charge in [-0.3, -0.25) is 34.9 Å². The van der Waals surface area contributed by atoms with Crippen molar-refractivity contribution in [2.45, 2.75) is 26.7 Å². The Labute approximate surface area is 302 Å². The van der Waals surface area contributed by atoms with Crippen molar-refractivity contribution in [2.24, 2.45) is 0 Å². The Morgan fingerprint density at radius 3 is 1.23 bits per heavy atom. The lowest BCUT2D eigenvalue weighted by atomic mass is 9.99. The van der Waals surface area contributed by atoms with Gasteiger partial charge in [0.25, 0.3) is 0 Å². The molecule has 0 aliphatic carbocycles. The lowest BCUT2D eigenvalue weighted by molar-refractivity contribution is 0.941. The number of hydrogen-bond acceptors (Lipinski definition) is 8. The summed E-state index contributed by atoms with van der Waals surface area (Å²) < 4.78 is 0. The van der Waals surface area contributed by atoms with Gasteiger partial charge in [0.2, 0.25) is 0 Å². The van der Waals surface area contributed by atoms with E-state index in [4.69, 9.17) is 4.98 Å². The van der Waals surface area contributed by atoms with Crippen molar-refractivity contribution >= 4 is 0 Å². The van der Waals surface area contributed by atoms with Gasteiger partial charge in [-0.15, -0.1) is 0 Å². The molecule has 8 heterocycles. The fourth-order valence-electron chi connectivity index (χ4n) is 6.24. The van der Waals surface area contributed by atoms with E-state index in [1.165, 1.54) is 0 Å². The fourth-order valence-corrected chi connectivity index (χ4v) is 6.24. The third-order valence-electron chi connectivity index (χ3n) is 8.91. The highest BCUT2D eigenvalue weighted by molar-refractivity contribution is 5.75. The first-order valence-electron chi connectivity index (χ1n) is 17.1. The molecule has 8 rings (SSSR count). The van der Waals surface area contributed by atoms with Crippen molar-refractivity contribution in [3.63, 3.8) is 0 Å². The summed E-state index contributed by atoms with van der Waals surface area (Å²) in [6, 6.07) is 24.9. The monoisotopic (exact) mass is 674 g/mol. The Morgan fingerprint density at radius 1 is 0.346 bits per heavy atom. The summed E-state index contributed by atoms with van der Waals surface area (Å²) in [5, 5.41) is 0. The number of hydrogen-bond donors (Lipinski definition) is 0. The molecule has 0 spiro atoms. The molecule has 0 bridgehead atoms. The van der Waals surface area contributed by atoms with Crippen LogP contribution in [0.15, 0.2) is 147 Å². The number of nitrogens with zero attached hydrogens (tertiary/aromatic N) is 8. The van der Waals surface area contributed by atoms with E-state index in [1.807, 2.05) is 125 Å². The van der Waals surface area contributed by atoms with Crippen LogP contribution in [-0.2, 0) is 12.8 Å². The third-order valence-corrected chi connectivity index (χ3v) is 8.91. The second kappa shape index (κ2) is 14.6. The van der Waals surface area contributed by atoms with E-state index in [9.17, 15) is 0 Å². The van der Waals surface area contributed by atoms with E-state index in [-0.39, 0.29) is 0 Å². The molecule has 0 N–H and O–H groups in total. The molecule has 0 aliphatic heterocycles. The topological polar surface area (TPSA) is 103 Å². The molecule has 8 heteroatoms. The van der Waals surface area contributed by atoms with Crippen molar-refractivity contribution in [1.29, 1.82) is 0 Å². The third kappa shape index (κ3) is 7.37. The summed E-state index contributed by atoms with van der Waals surface area (Å²) in [6.07, 6.45) is 24.1. The van der Waals surface area contributed by atoms with Gasteiger partial charge in [0, 0.05) is 130 Å². The summed E-state index contributed by atoms with van der Waals surface area (Å²) in [6.45, 7) is 4.03. The molecule has 0 fully saturated rings. The molecular formula is C44H34N8. The first-order valence-corrected chi connectivity index (χ1v) is 17.1. The van der Waals surface area contributed by atoms with Crippen molar-refractivity contribution in [3.05, 3.63) is 170 Å². The van der Waals surface area contributed by atoms with E-state index in [0.717, 1.165) is 102 Å². The molecule has 8 aromatic rings. The van der Waals surface area contributed by atoms with Crippen LogP contribution in [0.4, 0.5) is 0 Å². The van der Waals surface area contributed by atoms with Crippen LogP contribution in [0.25, 0.3) is 67.2 Å². The van der Waals surface area contributed by atoms with E-state index >= 15 is 0 Å². The summed E-state index contributed by atoms with van der Waals surface area (Å²) in [4.78, 5) is 36.8. The van der Waals surface area contributed by atoms with Crippen LogP contribution in [0.1, 0.15) is 22.4 Å². The van der Waals surface area contributed by atoms with Gasteiger partial charge in [0.05, 0.1) is 17.1 Å². The molecule has 0 unspecified atom stereocenters. The Bertz CT molecular complexity index is 2350. The molecule has 0 aromatic carbocycles. The normalized spacial score (nSPS) is 11.0. The summed E-state index contributed by atoms with van der Waals surface area (Å²) in [5.41, 5.74) is 15.9. The minimum Gasteiger partial charge on any atom is -0.264 e. The molecule has 52 heavy (non-hydrogen) atoms. The minimum absolute atomic E-state index is 0.811. The maximum atomic E-state index is 5.00. The molecule has 0 saturated carbocycles. The lowest BCUT2D eigenvalue weighted by Gasteiger charge is -2.09. The number of pyridine rings is 8. The van der Waals surface area contributed by atoms with Crippen molar-refractivity contribution in [1.82, 2.24) is 39.9 Å². The maximum absolute atomic E-state index is 5.00. The van der Waals surface area contributed by atoms with Crippen LogP contribution in [-0.4, -0.2) is 39.9 Å². The quantitative estimate of drug-likeness (QED) is 0.149. The van der Waals surface area contributed by atoms with Gasteiger partial charge in [-0.05, 0) is 104 Å². The molecule has 250 valence electrons. The fraction of sp³-hybridized carbons (Fsp3) is 0.0909. The van der Waals surface area contributed by atoms with Gasteiger partial charge >= 0.3 is 0 Å². The van der Waals surface area contributed by atoms with Crippen LogP contribution in [0, 0.1) is 13.8 Å². The molecule has 8 nitrogen and oxygen atoms in total. The lowest BCUT2D eigenvalue weighted by Crippen LogP contribution is -1.96. The van der Waals surface area contributed by atoms with Crippen LogP contribution < -0.4 is 0 Å². The van der Waals surface area contributed by atoms with Crippen molar-refractivity contribution in [2.75, 3.05) is 0 Å². The zero-order valence-electron chi connectivity index (χ0n) is 28.8. The van der Waals surface area contributed by atoms with Crippen LogP contribution in [0.3, 0.4) is 0 Å². The second-order valence-corrected chi connectivity index (χ2v) is 12.9. The Hall–Kier alpha value is -6.80.